The van der Waals surface area contributed by atoms with Gasteiger partial charge in [-0.1, -0.05) is 0 Å². The van der Waals surface area contributed by atoms with E-state index in [2.05, 4.69) is 14.9 Å². The van der Waals surface area contributed by atoms with E-state index in [-0.39, 0.29) is 12.5 Å². The highest BCUT2D eigenvalue weighted by atomic mass is 16.5. The number of nitrogens with zero attached hydrogens (tertiary/aromatic N) is 6. The van der Waals surface area contributed by atoms with Gasteiger partial charge in [0.05, 0.1) is 11.9 Å². The third kappa shape index (κ3) is 3.50. The standard InChI is InChI=1S/C21H24N6O2/c28-19(15-29-16-4-3-7-22-14-16)25-10-12-26(13-11-25)21-20-17-5-1-2-6-18(17)24-27(20)9-8-23-21/h3-4,7-9,14H,1-2,5-6,10-13,15H2. The number of aromatic nitrogens is 4. The number of hydrogen-bond acceptors (Lipinski definition) is 6. The van der Waals surface area contributed by atoms with Crippen LogP contribution in [-0.4, -0.2) is 63.2 Å². The van der Waals surface area contributed by atoms with Gasteiger partial charge in [-0.2, -0.15) is 5.10 Å². The Labute approximate surface area is 169 Å². The summed E-state index contributed by atoms with van der Waals surface area (Å²) < 4.78 is 7.53. The van der Waals surface area contributed by atoms with Crippen LogP contribution in [0.4, 0.5) is 5.82 Å². The number of rotatable bonds is 4. The Bertz CT molecular complexity index is 1010. The highest BCUT2D eigenvalue weighted by molar-refractivity contribution is 5.79. The highest BCUT2D eigenvalue weighted by Crippen LogP contribution is 2.30. The zero-order chi connectivity index (χ0) is 19.6. The molecule has 0 aromatic carbocycles. The van der Waals surface area contributed by atoms with Crippen LogP contribution in [0.2, 0.25) is 0 Å². The third-order valence-electron chi connectivity index (χ3n) is 5.73. The summed E-state index contributed by atoms with van der Waals surface area (Å²) in [6, 6.07) is 3.60. The topological polar surface area (TPSA) is 75.9 Å². The average molecular weight is 392 g/mol. The van der Waals surface area contributed by atoms with Gasteiger partial charge in [-0.25, -0.2) is 9.50 Å². The summed E-state index contributed by atoms with van der Waals surface area (Å²) in [6.07, 6.45) is 11.6. The quantitative estimate of drug-likeness (QED) is 0.673. The molecule has 1 amide bonds. The minimum absolute atomic E-state index is 0.00130. The molecule has 1 aliphatic heterocycles. The molecule has 0 radical (unpaired) electrons. The molecule has 8 nitrogen and oxygen atoms in total. The van der Waals surface area contributed by atoms with Crippen molar-refractivity contribution in [2.24, 2.45) is 0 Å². The van der Waals surface area contributed by atoms with Gasteiger partial charge in [-0.3, -0.25) is 9.78 Å². The van der Waals surface area contributed by atoms with E-state index in [1.54, 1.807) is 24.5 Å². The first-order valence-electron chi connectivity index (χ1n) is 10.2. The van der Waals surface area contributed by atoms with Crippen LogP contribution in [0.15, 0.2) is 36.9 Å². The van der Waals surface area contributed by atoms with Crippen molar-refractivity contribution < 1.29 is 9.53 Å². The number of carbonyl (C=O) groups excluding carboxylic acids is 1. The van der Waals surface area contributed by atoms with Crippen molar-refractivity contribution in [1.29, 1.82) is 0 Å². The first-order valence-corrected chi connectivity index (χ1v) is 10.2. The van der Waals surface area contributed by atoms with Gasteiger partial charge < -0.3 is 14.5 Å². The fourth-order valence-electron chi connectivity index (χ4n) is 4.21. The van der Waals surface area contributed by atoms with Crippen molar-refractivity contribution in [2.75, 3.05) is 37.7 Å². The molecule has 0 unspecified atom stereocenters. The van der Waals surface area contributed by atoms with Crippen LogP contribution in [0.25, 0.3) is 5.52 Å². The number of aryl methyl sites for hydroxylation is 2. The smallest absolute Gasteiger partial charge is 0.260 e. The molecule has 0 saturated carbocycles. The average Bonchev–Trinajstić information content (AvgIpc) is 3.17. The van der Waals surface area contributed by atoms with Gasteiger partial charge in [-0.05, 0) is 37.8 Å². The van der Waals surface area contributed by atoms with Crippen LogP contribution in [0.3, 0.4) is 0 Å². The maximum atomic E-state index is 12.5. The molecule has 8 heteroatoms. The molecule has 0 spiro atoms. The maximum absolute atomic E-state index is 12.5. The predicted octanol–water partition coefficient (Wildman–Crippen LogP) is 1.73. The molecule has 1 saturated heterocycles. The molecule has 0 N–H and O–H groups in total. The Morgan fingerprint density at radius 1 is 1.10 bits per heavy atom. The van der Waals surface area contributed by atoms with Gasteiger partial charge in [0.1, 0.15) is 11.3 Å². The van der Waals surface area contributed by atoms with Crippen LogP contribution in [0, 0.1) is 0 Å². The van der Waals surface area contributed by atoms with Crippen molar-refractivity contribution in [3.63, 3.8) is 0 Å². The molecular weight excluding hydrogens is 368 g/mol. The number of fused-ring (bicyclic) bond motifs is 3. The summed E-state index contributed by atoms with van der Waals surface area (Å²) in [4.78, 5) is 25.3. The van der Waals surface area contributed by atoms with Crippen LogP contribution >= 0.6 is 0 Å². The zero-order valence-corrected chi connectivity index (χ0v) is 16.3. The molecule has 150 valence electrons. The number of carbonyl (C=O) groups is 1. The number of hydrogen-bond donors (Lipinski definition) is 0. The van der Waals surface area contributed by atoms with E-state index in [0.717, 1.165) is 37.3 Å². The van der Waals surface area contributed by atoms with Gasteiger partial charge in [-0.15, -0.1) is 0 Å². The van der Waals surface area contributed by atoms with E-state index in [1.807, 2.05) is 21.8 Å². The van der Waals surface area contributed by atoms with Gasteiger partial charge in [0, 0.05) is 50.3 Å². The summed E-state index contributed by atoms with van der Waals surface area (Å²) in [7, 11) is 0. The molecule has 2 aliphatic rings. The Kier molecular flexibility index (Phi) is 4.75. The van der Waals surface area contributed by atoms with Gasteiger partial charge in [0.25, 0.3) is 5.91 Å². The van der Waals surface area contributed by atoms with Gasteiger partial charge >= 0.3 is 0 Å². The van der Waals surface area contributed by atoms with Gasteiger partial charge in [0.2, 0.25) is 0 Å². The molecule has 4 heterocycles. The molecule has 3 aromatic heterocycles. The summed E-state index contributed by atoms with van der Waals surface area (Å²) in [5, 5.41) is 4.77. The van der Waals surface area contributed by atoms with Crippen molar-refractivity contribution in [3.8, 4) is 5.75 Å². The Balaban J connectivity index is 1.26. The van der Waals surface area contributed by atoms with Crippen LogP contribution in [-0.2, 0) is 17.6 Å². The lowest BCUT2D eigenvalue weighted by Gasteiger charge is -2.35. The second-order valence-electron chi connectivity index (χ2n) is 7.52. The number of piperazine rings is 1. The van der Waals surface area contributed by atoms with Crippen LogP contribution < -0.4 is 9.64 Å². The van der Waals surface area contributed by atoms with Crippen molar-refractivity contribution in [2.45, 2.75) is 25.7 Å². The summed E-state index contributed by atoms with van der Waals surface area (Å²) in [6.45, 7) is 2.87. The largest absolute Gasteiger partial charge is 0.482 e. The summed E-state index contributed by atoms with van der Waals surface area (Å²) in [5.74, 6) is 1.60. The number of anilines is 1. The molecule has 29 heavy (non-hydrogen) atoms. The molecule has 5 rings (SSSR count). The summed E-state index contributed by atoms with van der Waals surface area (Å²) in [5.41, 5.74) is 3.71. The molecule has 1 aliphatic carbocycles. The second kappa shape index (κ2) is 7.69. The first kappa shape index (κ1) is 17.9. The van der Waals surface area contributed by atoms with Crippen molar-refractivity contribution in [3.05, 3.63) is 48.2 Å². The summed E-state index contributed by atoms with van der Waals surface area (Å²) >= 11 is 0. The lowest BCUT2D eigenvalue weighted by molar-refractivity contribution is -0.133. The first-order chi connectivity index (χ1) is 14.3. The van der Waals surface area contributed by atoms with Crippen molar-refractivity contribution >= 4 is 17.2 Å². The Morgan fingerprint density at radius 2 is 1.97 bits per heavy atom. The molecule has 0 bridgehead atoms. The fraction of sp³-hybridized carbons (Fsp3) is 0.429. The van der Waals surface area contributed by atoms with E-state index < -0.39 is 0 Å². The highest BCUT2D eigenvalue weighted by Gasteiger charge is 2.26. The van der Waals surface area contributed by atoms with Gasteiger partial charge in [0.15, 0.2) is 12.4 Å². The van der Waals surface area contributed by atoms with Crippen LogP contribution in [0.5, 0.6) is 5.75 Å². The lowest BCUT2D eigenvalue weighted by Crippen LogP contribution is -2.50. The van der Waals surface area contributed by atoms with E-state index in [0.29, 0.717) is 18.8 Å². The minimum atomic E-state index is 0.00130. The maximum Gasteiger partial charge on any atom is 0.260 e. The SMILES string of the molecule is O=C(COc1cccnc1)N1CCN(c2nccn3nc4c(c23)CCCC4)CC1. The van der Waals surface area contributed by atoms with E-state index in [1.165, 1.54) is 24.1 Å². The Hall–Kier alpha value is -3.16. The zero-order valence-electron chi connectivity index (χ0n) is 16.3. The van der Waals surface area contributed by atoms with Crippen molar-refractivity contribution in [1.82, 2.24) is 24.5 Å². The van der Waals surface area contributed by atoms with E-state index in [4.69, 9.17) is 9.84 Å². The normalized spacial score (nSPS) is 16.7. The fourth-order valence-corrected chi connectivity index (χ4v) is 4.21. The number of ether oxygens (including phenoxy) is 1. The number of amides is 1. The molecule has 1 fully saturated rings. The van der Waals surface area contributed by atoms with Crippen LogP contribution in [0.1, 0.15) is 24.1 Å². The molecule has 3 aromatic rings. The lowest BCUT2D eigenvalue weighted by atomic mass is 9.97. The second-order valence-corrected chi connectivity index (χ2v) is 7.52. The van der Waals surface area contributed by atoms with E-state index in [9.17, 15) is 4.79 Å². The molecular formula is C21H24N6O2. The minimum Gasteiger partial charge on any atom is -0.482 e. The predicted molar refractivity (Wildman–Crippen MR) is 108 cm³/mol. The monoisotopic (exact) mass is 392 g/mol. The van der Waals surface area contributed by atoms with E-state index >= 15 is 0 Å². The molecule has 0 atom stereocenters. The third-order valence-corrected chi connectivity index (χ3v) is 5.73. The Morgan fingerprint density at radius 3 is 2.79 bits per heavy atom. The number of pyridine rings is 1.